The van der Waals surface area contributed by atoms with Crippen LogP contribution in [-0.2, 0) is 22.6 Å². The van der Waals surface area contributed by atoms with Gasteiger partial charge in [-0.1, -0.05) is 0 Å². The van der Waals surface area contributed by atoms with E-state index < -0.39 is 5.60 Å². The zero-order valence-corrected chi connectivity index (χ0v) is 9.73. The van der Waals surface area contributed by atoms with Crippen molar-refractivity contribution >= 4 is 5.97 Å². The van der Waals surface area contributed by atoms with Crippen LogP contribution in [0.2, 0.25) is 0 Å². The van der Waals surface area contributed by atoms with Gasteiger partial charge in [-0.3, -0.25) is 10.1 Å². The summed E-state index contributed by atoms with van der Waals surface area (Å²) in [6.07, 6.45) is 1.63. The lowest BCUT2D eigenvalue weighted by Gasteiger charge is -2.27. The van der Waals surface area contributed by atoms with Crippen molar-refractivity contribution in [2.45, 2.75) is 45.5 Å². The van der Waals surface area contributed by atoms with Gasteiger partial charge < -0.3 is 9.30 Å². The topological polar surface area (TPSA) is 69.0 Å². The van der Waals surface area contributed by atoms with Crippen LogP contribution in [0.15, 0.2) is 6.33 Å². The third-order valence-corrected chi connectivity index (χ3v) is 2.27. The molecule has 6 heteroatoms. The molecule has 1 aliphatic rings. The third-order valence-electron chi connectivity index (χ3n) is 2.27. The molecule has 0 unspecified atom stereocenters. The first kappa shape index (κ1) is 11.1. The average molecular weight is 224 g/mol. The van der Waals surface area contributed by atoms with Crippen molar-refractivity contribution in [2.75, 3.05) is 0 Å². The van der Waals surface area contributed by atoms with Gasteiger partial charge in [0.1, 0.15) is 23.8 Å². The van der Waals surface area contributed by atoms with E-state index >= 15 is 0 Å². The maximum absolute atomic E-state index is 11.8. The van der Waals surface area contributed by atoms with E-state index in [2.05, 4.69) is 15.5 Å². The largest absolute Gasteiger partial charge is 0.459 e. The number of hydrogen-bond acceptors (Lipinski definition) is 5. The molecule has 0 amide bonds. The molecule has 0 spiro atoms. The second kappa shape index (κ2) is 3.86. The summed E-state index contributed by atoms with van der Waals surface area (Å²) in [5.41, 5.74) is -0.452. The molecule has 2 rings (SSSR count). The first-order valence-corrected chi connectivity index (χ1v) is 5.28. The molecule has 0 bridgehead atoms. The molecular weight excluding hydrogens is 208 g/mol. The zero-order valence-electron chi connectivity index (χ0n) is 9.73. The minimum Gasteiger partial charge on any atom is -0.459 e. The minimum atomic E-state index is -0.452. The molecule has 1 aromatic rings. The highest BCUT2D eigenvalue weighted by molar-refractivity contribution is 5.76. The van der Waals surface area contributed by atoms with E-state index in [1.807, 2.05) is 25.3 Å². The van der Waals surface area contributed by atoms with E-state index in [0.717, 1.165) is 5.82 Å². The van der Waals surface area contributed by atoms with Gasteiger partial charge >= 0.3 is 5.97 Å². The molecule has 16 heavy (non-hydrogen) atoms. The standard InChI is InChI=1S/C10H16N4O2/c1-10(2,3)16-9(15)7-5-14-6-12-13-8(14)4-11-7/h6-7,11H,4-5H2,1-3H3/t7-/m1/s1. The first-order chi connectivity index (χ1) is 7.46. The van der Waals surface area contributed by atoms with E-state index in [4.69, 9.17) is 4.74 Å². The van der Waals surface area contributed by atoms with Crippen LogP contribution in [-0.4, -0.2) is 32.4 Å². The van der Waals surface area contributed by atoms with Crippen molar-refractivity contribution in [2.24, 2.45) is 0 Å². The summed E-state index contributed by atoms with van der Waals surface area (Å²) in [5.74, 6) is 0.617. The summed E-state index contributed by atoms with van der Waals surface area (Å²) in [5, 5.41) is 10.8. The van der Waals surface area contributed by atoms with Crippen LogP contribution in [0.3, 0.4) is 0 Å². The van der Waals surface area contributed by atoms with Gasteiger partial charge in [-0.05, 0) is 20.8 Å². The Hall–Kier alpha value is -1.43. The Morgan fingerprint density at radius 3 is 3.06 bits per heavy atom. The van der Waals surface area contributed by atoms with Crippen molar-refractivity contribution in [3.63, 3.8) is 0 Å². The molecule has 1 N–H and O–H groups in total. The number of rotatable bonds is 1. The number of nitrogens with zero attached hydrogens (tertiary/aromatic N) is 3. The number of aromatic nitrogens is 3. The van der Waals surface area contributed by atoms with Gasteiger partial charge in [-0.2, -0.15) is 0 Å². The van der Waals surface area contributed by atoms with Gasteiger partial charge in [-0.15, -0.1) is 10.2 Å². The summed E-state index contributed by atoms with van der Waals surface area (Å²) in [7, 11) is 0. The normalized spacial score (nSPS) is 20.3. The molecule has 1 aliphatic heterocycles. The molecule has 0 saturated heterocycles. The lowest BCUT2D eigenvalue weighted by Crippen LogP contribution is -2.47. The van der Waals surface area contributed by atoms with Crippen LogP contribution >= 0.6 is 0 Å². The number of ether oxygens (including phenoxy) is 1. The van der Waals surface area contributed by atoms with E-state index in [1.165, 1.54) is 0 Å². The second-order valence-electron chi connectivity index (χ2n) is 4.87. The molecule has 88 valence electrons. The highest BCUT2D eigenvalue weighted by Gasteiger charge is 2.28. The first-order valence-electron chi connectivity index (χ1n) is 5.28. The van der Waals surface area contributed by atoms with Crippen molar-refractivity contribution in [3.05, 3.63) is 12.2 Å². The van der Waals surface area contributed by atoms with Gasteiger partial charge in [0.15, 0.2) is 0 Å². The Kier molecular flexibility index (Phi) is 2.67. The SMILES string of the molecule is CC(C)(C)OC(=O)[C@H]1Cn2cnnc2CN1. The summed E-state index contributed by atoms with van der Waals surface area (Å²) >= 11 is 0. The van der Waals surface area contributed by atoms with Gasteiger partial charge in [0.25, 0.3) is 0 Å². The quantitative estimate of drug-likeness (QED) is 0.685. The number of esters is 1. The molecule has 0 radical (unpaired) electrons. The molecule has 0 aromatic carbocycles. The number of fused-ring (bicyclic) bond motifs is 1. The summed E-state index contributed by atoms with van der Waals surface area (Å²) in [4.78, 5) is 11.8. The molecule has 0 fully saturated rings. The maximum Gasteiger partial charge on any atom is 0.325 e. The van der Waals surface area contributed by atoms with E-state index in [1.54, 1.807) is 6.33 Å². The Bertz CT molecular complexity index is 394. The van der Waals surface area contributed by atoms with Gasteiger partial charge in [0.2, 0.25) is 0 Å². The summed E-state index contributed by atoms with van der Waals surface area (Å²) < 4.78 is 7.18. The fourth-order valence-corrected chi connectivity index (χ4v) is 1.57. The van der Waals surface area contributed by atoms with E-state index in [9.17, 15) is 4.79 Å². The fourth-order valence-electron chi connectivity index (χ4n) is 1.57. The van der Waals surface area contributed by atoms with Gasteiger partial charge in [0, 0.05) is 0 Å². The zero-order chi connectivity index (χ0) is 11.8. The Labute approximate surface area is 94.0 Å². The van der Waals surface area contributed by atoms with Crippen molar-refractivity contribution in [1.29, 1.82) is 0 Å². The number of nitrogens with one attached hydrogen (secondary N) is 1. The monoisotopic (exact) mass is 224 g/mol. The number of hydrogen-bond donors (Lipinski definition) is 1. The second-order valence-corrected chi connectivity index (χ2v) is 4.87. The van der Waals surface area contributed by atoms with Gasteiger partial charge in [0.05, 0.1) is 13.1 Å². The summed E-state index contributed by atoms with van der Waals surface area (Å²) in [6.45, 7) is 6.65. The predicted molar refractivity (Wildman–Crippen MR) is 56.5 cm³/mol. The predicted octanol–water partition coefficient (Wildman–Crippen LogP) is 0.0916. The van der Waals surface area contributed by atoms with Crippen molar-refractivity contribution < 1.29 is 9.53 Å². The third kappa shape index (κ3) is 2.38. The van der Waals surface area contributed by atoms with Crippen LogP contribution in [0, 0.1) is 0 Å². The molecule has 0 saturated carbocycles. The lowest BCUT2D eigenvalue weighted by molar-refractivity contribution is -0.158. The fraction of sp³-hybridized carbons (Fsp3) is 0.700. The van der Waals surface area contributed by atoms with Crippen LogP contribution in [0.25, 0.3) is 0 Å². The van der Waals surface area contributed by atoms with E-state index in [0.29, 0.717) is 13.1 Å². The Morgan fingerprint density at radius 2 is 2.38 bits per heavy atom. The van der Waals surface area contributed by atoms with Crippen LogP contribution in [0.4, 0.5) is 0 Å². The molecule has 1 atom stereocenters. The highest BCUT2D eigenvalue weighted by Crippen LogP contribution is 2.12. The van der Waals surface area contributed by atoms with Crippen molar-refractivity contribution in [3.8, 4) is 0 Å². The molecular formula is C10H16N4O2. The minimum absolute atomic E-state index is 0.230. The molecule has 1 aromatic heterocycles. The number of carbonyl (C=O) groups is 1. The molecule has 6 nitrogen and oxygen atoms in total. The number of carbonyl (C=O) groups excluding carboxylic acids is 1. The molecule has 2 heterocycles. The average Bonchev–Trinajstić information content (AvgIpc) is 2.61. The Balaban J connectivity index is 2.01. The van der Waals surface area contributed by atoms with Crippen LogP contribution in [0.5, 0.6) is 0 Å². The Morgan fingerprint density at radius 1 is 1.62 bits per heavy atom. The van der Waals surface area contributed by atoms with Crippen LogP contribution in [0.1, 0.15) is 26.6 Å². The van der Waals surface area contributed by atoms with E-state index in [-0.39, 0.29) is 12.0 Å². The van der Waals surface area contributed by atoms with Gasteiger partial charge in [-0.25, -0.2) is 0 Å². The summed E-state index contributed by atoms with van der Waals surface area (Å²) in [6, 6.07) is -0.317. The van der Waals surface area contributed by atoms with Crippen molar-refractivity contribution in [1.82, 2.24) is 20.1 Å². The lowest BCUT2D eigenvalue weighted by atomic mass is 10.2. The maximum atomic E-state index is 11.8. The van der Waals surface area contributed by atoms with Crippen LogP contribution < -0.4 is 5.32 Å². The highest BCUT2D eigenvalue weighted by atomic mass is 16.6. The molecule has 0 aliphatic carbocycles. The smallest absolute Gasteiger partial charge is 0.325 e.